The molecular weight excluding hydrogens is 531 g/mol. The highest BCUT2D eigenvalue weighted by Gasteiger charge is 2.45. The number of fused-ring (bicyclic) bond motifs is 2. The topological polar surface area (TPSA) is 52.1 Å². The molecule has 2 aromatic heterocycles. The number of hydrogen-bond donors (Lipinski definition) is 0. The van der Waals surface area contributed by atoms with Gasteiger partial charge in [0.1, 0.15) is 11.0 Å². The fourth-order valence-corrected chi connectivity index (χ4v) is 4.58. The van der Waals surface area contributed by atoms with Crippen LogP contribution in [0.15, 0.2) is 52.0 Å². The second kappa shape index (κ2) is 8.23. The van der Waals surface area contributed by atoms with Crippen molar-refractivity contribution < 1.29 is 48.3 Å². The van der Waals surface area contributed by atoms with Crippen molar-refractivity contribution in [2.24, 2.45) is 0 Å². The zero-order chi connectivity index (χ0) is 27.8. The summed E-state index contributed by atoms with van der Waals surface area (Å²) in [6.07, 6.45) is -13.5. The van der Waals surface area contributed by atoms with Crippen molar-refractivity contribution in [3.63, 3.8) is 0 Å². The van der Waals surface area contributed by atoms with E-state index in [2.05, 4.69) is 9.97 Å². The average Bonchev–Trinajstić information content (AvgIpc) is 3.44. The first-order valence-electron chi connectivity index (χ1n) is 10.7. The molecule has 0 aliphatic rings. The van der Waals surface area contributed by atoms with Crippen LogP contribution in [-0.2, 0) is 18.5 Å². The highest BCUT2D eigenvalue weighted by atomic mass is 19.4. The molecule has 38 heavy (non-hydrogen) atoms. The number of alkyl halides is 9. The largest absolute Gasteiger partial charge is 0.443 e. The van der Waals surface area contributed by atoms with Crippen molar-refractivity contribution in [1.29, 1.82) is 0 Å². The van der Waals surface area contributed by atoms with Crippen LogP contribution in [0.1, 0.15) is 27.8 Å². The molecule has 198 valence electrons. The molecule has 0 fully saturated rings. The van der Waals surface area contributed by atoms with Gasteiger partial charge in [-0.3, -0.25) is 0 Å². The van der Waals surface area contributed by atoms with Gasteiger partial charge in [0.25, 0.3) is 0 Å². The molecule has 5 aromatic rings. The lowest BCUT2D eigenvalue weighted by atomic mass is 9.91. The number of benzene rings is 3. The Bertz CT molecular complexity index is 1660. The Morgan fingerprint density at radius 1 is 0.605 bits per heavy atom. The molecule has 0 N–H and O–H groups in total. The fraction of sp³-hybridized carbons (Fsp3) is 0.200. The first-order valence-corrected chi connectivity index (χ1v) is 10.7. The van der Waals surface area contributed by atoms with E-state index >= 15 is 0 Å². The summed E-state index contributed by atoms with van der Waals surface area (Å²) in [6.45, 7) is 2.33. The van der Waals surface area contributed by atoms with Gasteiger partial charge in [0.2, 0.25) is 0 Å². The third-order valence-corrected chi connectivity index (χ3v) is 5.97. The van der Waals surface area contributed by atoms with E-state index in [0.29, 0.717) is 6.07 Å². The summed E-state index contributed by atoms with van der Waals surface area (Å²) in [7, 11) is 0. The predicted molar refractivity (Wildman–Crippen MR) is 117 cm³/mol. The number of aromatic nitrogens is 2. The zero-order valence-electron chi connectivity index (χ0n) is 19.2. The van der Waals surface area contributed by atoms with E-state index in [1.165, 1.54) is 13.0 Å². The molecule has 3 aromatic carbocycles. The van der Waals surface area contributed by atoms with E-state index in [1.54, 1.807) is 0 Å². The number of aryl methyl sites for hydroxylation is 2. The molecular formula is C25H13F9N2O2. The van der Waals surface area contributed by atoms with Gasteiger partial charge in [-0.1, -0.05) is 12.1 Å². The van der Waals surface area contributed by atoms with Gasteiger partial charge in [-0.2, -0.15) is 39.5 Å². The molecule has 0 aliphatic carbocycles. The summed E-state index contributed by atoms with van der Waals surface area (Å²) < 4.78 is 133. The average molecular weight is 544 g/mol. The van der Waals surface area contributed by atoms with Gasteiger partial charge in [0.15, 0.2) is 24.0 Å². The van der Waals surface area contributed by atoms with Crippen molar-refractivity contribution in [2.75, 3.05) is 0 Å². The Kier molecular flexibility index (Phi) is 5.55. The van der Waals surface area contributed by atoms with E-state index in [1.807, 2.05) is 0 Å². The van der Waals surface area contributed by atoms with E-state index < -0.39 is 40.8 Å². The summed E-state index contributed by atoms with van der Waals surface area (Å²) in [5.74, 6) is 0. The standard InChI is InChI=1S/C25H13F9N2O2/c1-10-3-12(6-14(4-10)23(26,27)28)16-19-22(38-8-35-19)17(20-21(16)37-9-36-20)13-5-11(2)18(25(32,33)34)15(7-13)24(29,30)31/h3-9H,1-2H3. The van der Waals surface area contributed by atoms with E-state index in [4.69, 9.17) is 8.83 Å². The normalized spacial score (nSPS) is 13.1. The van der Waals surface area contributed by atoms with Crippen LogP contribution in [0.25, 0.3) is 44.5 Å². The summed E-state index contributed by atoms with van der Waals surface area (Å²) in [6, 6.07) is 4.43. The Balaban J connectivity index is 1.87. The predicted octanol–water partition coefficient (Wildman–Crippen LogP) is 8.98. The fourth-order valence-electron chi connectivity index (χ4n) is 4.58. The zero-order valence-corrected chi connectivity index (χ0v) is 19.2. The molecule has 4 nitrogen and oxygen atoms in total. The maximum atomic E-state index is 13.8. The van der Waals surface area contributed by atoms with Gasteiger partial charge in [-0.25, -0.2) is 9.97 Å². The third kappa shape index (κ3) is 4.15. The van der Waals surface area contributed by atoms with Crippen LogP contribution in [0.5, 0.6) is 0 Å². The van der Waals surface area contributed by atoms with Crippen LogP contribution in [0.3, 0.4) is 0 Å². The van der Waals surface area contributed by atoms with E-state index in [0.717, 1.165) is 37.9 Å². The van der Waals surface area contributed by atoms with Crippen molar-refractivity contribution in [2.45, 2.75) is 32.4 Å². The van der Waals surface area contributed by atoms with E-state index in [9.17, 15) is 39.5 Å². The van der Waals surface area contributed by atoms with Crippen LogP contribution < -0.4 is 0 Å². The molecule has 0 saturated heterocycles. The minimum atomic E-state index is -5.36. The Labute approximate surface area is 206 Å². The minimum Gasteiger partial charge on any atom is -0.443 e. The lowest BCUT2D eigenvalue weighted by Crippen LogP contribution is -2.18. The van der Waals surface area contributed by atoms with Crippen LogP contribution in [0, 0.1) is 13.8 Å². The third-order valence-electron chi connectivity index (χ3n) is 5.97. The Morgan fingerprint density at radius 3 is 1.61 bits per heavy atom. The second-order valence-electron chi connectivity index (χ2n) is 8.61. The molecule has 0 amide bonds. The summed E-state index contributed by atoms with van der Waals surface area (Å²) >= 11 is 0. The van der Waals surface area contributed by atoms with Crippen LogP contribution in [0.4, 0.5) is 39.5 Å². The van der Waals surface area contributed by atoms with E-state index in [-0.39, 0.29) is 50.0 Å². The molecule has 0 aliphatic heterocycles. The molecule has 13 heteroatoms. The number of halogens is 9. The number of rotatable bonds is 2. The van der Waals surface area contributed by atoms with Gasteiger partial charge in [-0.15, -0.1) is 0 Å². The van der Waals surface area contributed by atoms with Crippen molar-refractivity contribution >= 4 is 22.2 Å². The van der Waals surface area contributed by atoms with Crippen molar-refractivity contribution in [1.82, 2.24) is 9.97 Å². The Morgan fingerprint density at radius 2 is 1.13 bits per heavy atom. The highest BCUT2D eigenvalue weighted by Crippen LogP contribution is 2.48. The maximum Gasteiger partial charge on any atom is 0.417 e. The van der Waals surface area contributed by atoms with Crippen LogP contribution >= 0.6 is 0 Å². The number of hydrogen-bond acceptors (Lipinski definition) is 4. The van der Waals surface area contributed by atoms with Gasteiger partial charge >= 0.3 is 18.5 Å². The first kappa shape index (κ1) is 25.6. The second-order valence-corrected chi connectivity index (χ2v) is 8.61. The number of nitrogens with zero attached hydrogens (tertiary/aromatic N) is 2. The first-order chi connectivity index (χ1) is 17.6. The quantitative estimate of drug-likeness (QED) is 0.208. The molecule has 0 atom stereocenters. The van der Waals surface area contributed by atoms with Gasteiger partial charge in [0, 0.05) is 0 Å². The molecule has 5 rings (SSSR count). The monoisotopic (exact) mass is 544 g/mol. The summed E-state index contributed by atoms with van der Waals surface area (Å²) in [5, 5.41) is 0. The minimum absolute atomic E-state index is 0.0177. The smallest absolute Gasteiger partial charge is 0.417 e. The van der Waals surface area contributed by atoms with Crippen LogP contribution in [0.2, 0.25) is 0 Å². The number of oxazole rings is 2. The summed E-state index contributed by atoms with van der Waals surface area (Å²) in [4.78, 5) is 8.06. The molecule has 0 radical (unpaired) electrons. The highest BCUT2D eigenvalue weighted by molar-refractivity contribution is 6.15. The lowest BCUT2D eigenvalue weighted by molar-refractivity contribution is -0.162. The Hall–Kier alpha value is -4.03. The maximum absolute atomic E-state index is 13.8. The van der Waals surface area contributed by atoms with Gasteiger partial charge in [0.05, 0.1) is 27.8 Å². The van der Waals surface area contributed by atoms with Crippen molar-refractivity contribution in [3.05, 3.63) is 70.9 Å². The lowest BCUT2D eigenvalue weighted by Gasteiger charge is -2.19. The van der Waals surface area contributed by atoms with Crippen LogP contribution in [-0.4, -0.2) is 9.97 Å². The summed E-state index contributed by atoms with van der Waals surface area (Å²) in [5.41, 5.74) is -6.14. The van der Waals surface area contributed by atoms with Gasteiger partial charge in [-0.05, 0) is 54.3 Å². The SMILES string of the molecule is Cc1cc(-c2c3ncoc3c(-c3cc(C)c(C(F)(F)F)c(C(F)(F)F)c3)c3ncoc23)cc(C(F)(F)F)c1. The molecule has 0 spiro atoms. The molecule has 0 saturated carbocycles. The van der Waals surface area contributed by atoms with Crippen molar-refractivity contribution in [3.8, 4) is 22.3 Å². The van der Waals surface area contributed by atoms with Gasteiger partial charge < -0.3 is 8.83 Å². The molecule has 2 heterocycles. The molecule has 0 unspecified atom stereocenters. The molecule has 0 bridgehead atoms.